The second-order valence-electron chi connectivity index (χ2n) is 7.79. The van der Waals surface area contributed by atoms with E-state index in [1.165, 1.54) is 31.2 Å². The van der Waals surface area contributed by atoms with Gasteiger partial charge in [-0.3, -0.25) is 4.99 Å². The molecule has 0 saturated heterocycles. The second-order valence-corrected chi connectivity index (χ2v) is 7.79. The standard InChI is InChI=1S/C22H33N5O.HI/c1-16-18(3)28-20(26-16)14-24-21(23-4)25-15-22(12-8-9-13-22)27-17(2)19-10-6-5-7-11-19;/h5-7,10-11,17,27H,8-9,12-15H2,1-4H3,(H2,23,24,25);1H. The Morgan fingerprint density at radius 2 is 1.86 bits per heavy atom. The fourth-order valence-corrected chi connectivity index (χ4v) is 3.96. The highest BCUT2D eigenvalue weighted by Gasteiger charge is 2.35. The molecule has 6 nitrogen and oxygen atoms in total. The minimum atomic E-state index is 0. The van der Waals surface area contributed by atoms with Crippen LogP contribution in [0.2, 0.25) is 0 Å². The molecule has 1 aliphatic carbocycles. The number of nitrogens with one attached hydrogen (secondary N) is 3. The SMILES string of the molecule is CN=C(NCc1nc(C)c(C)o1)NCC1(NC(C)c2ccccc2)CCCC1.I. The summed E-state index contributed by atoms with van der Waals surface area (Å²) in [5, 5.41) is 10.7. The molecule has 0 bridgehead atoms. The van der Waals surface area contributed by atoms with Crippen molar-refractivity contribution in [1.82, 2.24) is 20.9 Å². The van der Waals surface area contributed by atoms with E-state index in [0.29, 0.717) is 18.5 Å². The van der Waals surface area contributed by atoms with Gasteiger partial charge in [-0.2, -0.15) is 0 Å². The number of halogens is 1. The number of oxazole rings is 1. The molecule has 7 heteroatoms. The van der Waals surface area contributed by atoms with Gasteiger partial charge in [0.2, 0.25) is 5.89 Å². The molecule has 1 aromatic carbocycles. The third kappa shape index (κ3) is 6.44. The molecule has 0 radical (unpaired) electrons. The molecule has 3 N–H and O–H groups in total. The molecule has 0 spiro atoms. The molecule has 1 fully saturated rings. The first-order chi connectivity index (χ1) is 13.5. The average Bonchev–Trinajstić information content (AvgIpc) is 3.29. The molecular formula is C22H34IN5O. The maximum absolute atomic E-state index is 5.64. The lowest BCUT2D eigenvalue weighted by atomic mass is 9.94. The molecule has 1 aromatic heterocycles. The number of aromatic nitrogens is 1. The molecule has 160 valence electrons. The van der Waals surface area contributed by atoms with E-state index >= 15 is 0 Å². The Kier molecular flexibility index (Phi) is 8.95. The Morgan fingerprint density at radius 1 is 1.17 bits per heavy atom. The van der Waals surface area contributed by atoms with Gasteiger partial charge >= 0.3 is 0 Å². The monoisotopic (exact) mass is 511 g/mol. The van der Waals surface area contributed by atoms with Crippen LogP contribution in [0.5, 0.6) is 0 Å². The zero-order valence-corrected chi connectivity index (χ0v) is 20.2. The first-order valence-corrected chi connectivity index (χ1v) is 10.2. The van der Waals surface area contributed by atoms with E-state index in [2.05, 4.69) is 63.2 Å². The van der Waals surface area contributed by atoms with Crippen molar-refractivity contribution >= 4 is 29.9 Å². The molecule has 2 aromatic rings. The molecule has 3 rings (SSSR count). The number of aliphatic imine (C=N–C) groups is 1. The fraction of sp³-hybridized carbons (Fsp3) is 0.545. The lowest BCUT2D eigenvalue weighted by Crippen LogP contribution is -2.54. The molecule has 1 atom stereocenters. The maximum Gasteiger partial charge on any atom is 0.214 e. The van der Waals surface area contributed by atoms with E-state index in [1.54, 1.807) is 7.05 Å². The van der Waals surface area contributed by atoms with Crippen molar-refractivity contribution in [3.63, 3.8) is 0 Å². The molecule has 1 aliphatic rings. The Morgan fingerprint density at radius 3 is 2.45 bits per heavy atom. The van der Waals surface area contributed by atoms with Gasteiger partial charge in [-0.15, -0.1) is 24.0 Å². The van der Waals surface area contributed by atoms with E-state index in [4.69, 9.17) is 4.42 Å². The molecule has 1 saturated carbocycles. The van der Waals surface area contributed by atoms with Crippen LogP contribution >= 0.6 is 24.0 Å². The van der Waals surface area contributed by atoms with Crippen LogP contribution < -0.4 is 16.0 Å². The number of guanidine groups is 1. The summed E-state index contributed by atoms with van der Waals surface area (Å²) >= 11 is 0. The maximum atomic E-state index is 5.64. The number of hydrogen-bond donors (Lipinski definition) is 3. The summed E-state index contributed by atoms with van der Waals surface area (Å²) in [6.45, 7) is 7.50. The summed E-state index contributed by atoms with van der Waals surface area (Å²) < 4.78 is 5.64. The van der Waals surface area contributed by atoms with Crippen molar-refractivity contribution in [3.8, 4) is 0 Å². The Labute approximate surface area is 191 Å². The van der Waals surface area contributed by atoms with Gasteiger partial charge in [-0.1, -0.05) is 43.2 Å². The van der Waals surface area contributed by atoms with E-state index in [-0.39, 0.29) is 29.5 Å². The van der Waals surface area contributed by atoms with Crippen molar-refractivity contribution in [2.75, 3.05) is 13.6 Å². The van der Waals surface area contributed by atoms with Crippen molar-refractivity contribution < 1.29 is 4.42 Å². The number of benzene rings is 1. The average molecular weight is 511 g/mol. The third-order valence-electron chi connectivity index (χ3n) is 5.68. The van der Waals surface area contributed by atoms with Gasteiger partial charge in [0.15, 0.2) is 5.96 Å². The minimum absolute atomic E-state index is 0. The zero-order valence-electron chi connectivity index (χ0n) is 17.9. The normalized spacial score (nSPS) is 16.9. The van der Waals surface area contributed by atoms with Gasteiger partial charge in [-0.25, -0.2) is 4.98 Å². The molecule has 29 heavy (non-hydrogen) atoms. The number of rotatable bonds is 7. The third-order valence-corrected chi connectivity index (χ3v) is 5.68. The minimum Gasteiger partial charge on any atom is -0.444 e. The van der Waals surface area contributed by atoms with E-state index in [9.17, 15) is 0 Å². The first-order valence-electron chi connectivity index (χ1n) is 10.2. The van der Waals surface area contributed by atoms with Crippen LogP contribution in [0.1, 0.15) is 61.6 Å². The summed E-state index contributed by atoms with van der Waals surface area (Å²) in [6, 6.07) is 11.0. The van der Waals surface area contributed by atoms with Crippen molar-refractivity contribution in [2.45, 2.75) is 64.6 Å². The summed E-state index contributed by atoms with van der Waals surface area (Å²) in [4.78, 5) is 8.78. The second kappa shape index (κ2) is 11.0. The molecular weight excluding hydrogens is 477 g/mol. The summed E-state index contributed by atoms with van der Waals surface area (Å²) in [6.07, 6.45) is 4.87. The highest BCUT2D eigenvalue weighted by Crippen LogP contribution is 2.31. The van der Waals surface area contributed by atoms with E-state index in [0.717, 1.165) is 24.0 Å². The first kappa shape index (κ1) is 23.7. The van der Waals surface area contributed by atoms with Gasteiger partial charge < -0.3 is 20.4 Å². The number of hydrogen-bond acceptors (Lipinski definition) is 4. The lowest BCUT2D eigenvalue weighted by molar-refractivity contribution is 0.297. The Hall–Kier alpha value is -1.61. The van der Waals surface area contributed by atoms with Crippen LogP contribution in [0, 0.1) is 13.8 Å². The Balaban J connectivity index is 0.00000300. The predicted molar refractivity (Wildman–Crippen MR) is 129 cm³/mol. The quantitative estimate of drug-likeness (QED) is 0.295. The topological polar surface area (TPSA) is 74.5 Å². The molecule has 0 amide bonds. The Bertz CT molecular complexity index is 764. The van der Waals surface area contributed by atoms with Gasteiger partial charge in [0.1, 0.15) is 5.76 Å². The highest BCUT2D eigenvalue weighted by molar-refractivity contribution is 14.0. The van der Waals surface area contributed by atoms with E-state index in [1.807, 2.05) is 13.8 Å². The van der Waals surface area contributed by atoms with Crippen LogP contribution in [0.15, 0.2) is 39.7 Å². The molecule has 1 heterocycles. The van der Waals surface area contributed by atoms with Gasteiger partial charge in [0.05, 0.1) is 12.2 Å². The summed E-state index contributed by atoms with van der Waals surface area (Å²) in [7, 11) is 1.79. The summed E-state index contributed by atoms with van der Waals surface area (Å²) in [5.41, 5.74) is 2.35. The smallest absolute Gasteiger partial charge is 0.214 e. The van der Waals surface area contributed by atoms with E-state index < -0.39 is 0 Å². The molecule has 0 aliphatic heterocycles. The summed E-state index contributed by atoms with van der Waals surface area (Å²) in [5.74, 6) is 2.32. The number of aryl methyl sites for hydroxylation is 2. The van der Waals surface area contributed by atoms with Crippen LogP contribution in [-0.2, 0) is 6.54 Å². The van der Waals surface area contributed by atoms with Crippen molar-refractivity contribution in [2.24, 2.45) is 4.99 Å². The van der Waals surface area contributed by atoms with Gasteiger partial charge in [0, 0.05) is 25.2 Å². The predicted octanol–water partition coefficient (Wildman–Crippen LogP) is 4.24. The lowest BCUT2D eigenvalue weighted by Gasteiger charge is -2.34. The highest BCUT2D eigenvalue weighted by atomic mass is 127. The largest absolute Gasteiger partial charge is 0.444 e. The van der Waals surface area contributed by atoms with Gasteiger partial charge in [-0.05, 0) is 39.2 Å². The molecule has 1 unspecified atom stereocenters. The zero-order chi connectivity index (χ0) is 20.0. The van der Waals surface area contributed by atoms with Crippen LogP contribution in [0.25, 0.3) is 0 Å². The van der Waals surface area contributed by atoms with Crippen LogP contribution in [-0.4, -0.2) is 30.1 Å². The van der Waals surface area contributed by atoms with Crippen LogP contribution in [0.4, 0.5) is 0 Å². The number of nitrogens with zero attached hydrogens (tertiary/aromatic N) is 2. The van der Waals surface area contributed by atoms with Gasteiger partial charge in [0.25, 0.3) is 0 Å². The van der Waals surface area contributed by atoms with Crippen molar-refractivity contribution in [3.05, 3.63) is 53.2 Å². The van der Waals surface area contributed by atoms with Crippen LogP contribution in [0.3, 0.4) is 0 Å². The fourth-order valence-electron chi connectivity index (χ4n) is 3.96. The van der Waals surface area contributed by atoms with Crippen molar-refractivity contribution in [1.29, 1.82) is 0 Å².